The number of benzene rings is 3. The van der Waals surface area contributed by atoms with Crippen LogP contribution in [0.3, 0.4) is 0 Å². The van der Waals surface area contributed by atoms with Crippen LogP contribution in [0.15, 0.2) is 85.2 Å². The van der Waals surface area contributed by atoms with Gasteiger partial charge in [-0.2, -0.15) is 43.9 Å². The van der Waals surface area contributed by atoms with Gasteiger partial charge >= 0.3 is 59.9 Å². The molecule has 0 saturated heterocycles. The second kappa shape index (κ2) is 32.6. The number of pyridine rings is 1. The molecule has 2 atom stereocenters. The average molecular weight is 1190 g/mol. The van der Waals surface area contributed by atoms with E-state index in [9.17, 15) is 71.9 Å². The number of ether oxygens (including phenoxy) is 4. The van der Waals surface area contributed by atoms with Gasteiger partial charge in [0.1, 0.15) is 23.9 Å². The topological polar surface area (TPSA) is 133 Å². The number of hydrogen-bond donors (Lipinski definition) is 1. The molecule has 438 valence electrons. The lowest BCUT2D eigenvalue weighted by molar-refractivity contribution is -0.697. The molecule has 0 aliphatic rings. The zero-order chi connectivity index (χ0) is 55.2. The third kappa shape index (κ3) is 19.4. The van der Waals surface area contributed by atoms with Crippen LogP contribution in [0.25, 0.3) is 0 Å². The van der Waals surface area contributed by atoms with E-state index in [-0.39, 0.29) is 53.1 Å². The number of aromatic nitrogens is 1. The molecular weight excluding hydrogens is 1120 g/mol. The maximum absolute atomic E-state index is 13.6. The molecule has 4 rings (SSSR count). The molecule has 0 spiro atoms. The molecule has 1 heterocycles. The van der Waals surface area contributed by atoms with Gasteiger partial charge in [0.05, 0.1) is 23.0 Å². The van der Waals surface area contributed by atoms with Crippen LogP contribution in [0.1, 0.15) is 108 Å². The summed E-state index contributed by atoms with van der Waals surface area (Å²) in [6.07, 6.45) is -2.45. The number of hydrogen-bond acceptors (Lipinski definition) is 9. The molecule has 0 bridgehead atoms. The van der Waals surface area contributed by atoms with Crippen LogP contribution in [0.2, 0.25) is 0 Å². The highest BCUT2D eigenvalue weighted by Crippen LogP contribution is 2.58. The van der Waals surface area contributed by atoms with Crippen LogP contribution < -0.4 is 40.7 Å². The molecule has 1 N–H and O–H groups in total. The summed E-state index contributed by atoms with van der Waals surface area (Å²) < 4.78 is 179. The van der Waals surface area contributed by atoms with Crippen molar-refractivity contribution in [2.24, 2.45) is 11.8 Å². The normalized spacial score (nSPS) is 12.0. The summed E-state index contributed by atoms with van der Waals surface area (Å²) in [6.45, 7) is 10.1. The van der Waals surface area contributed by atoms with E-state index < -0.39 is 84.8 Å². The van der Waals surface area contributed by atoms with Crippen LogP contribution in [0, 0.1) is 32.6 Å². The largest absolute Gasteiger partial charge is 1.00 e. The van der Waals surface area contributed by atoms with Crippen LogP contribution in [0.4, 0.5) is 58.4 Å². The van der Waals surface area contributed by atoms with Crippen LogP contribution >= 0.6 is 0 Å². The van der Waals surface area contributed by atoms with E-state index >= 15 is 0 Å². The second-order valence-corrected chi connectivity index (χ2v) is 16.1. The first-order valence-electron chi connectivity index (χ1n) is 21.9. The molecule has 0 amide bonds. The van der Waals surface area contributed by atoms with Gasteiger partial charge in [-0.25, -0.2) is 22.9 Å². The summed E-state index contributed by atoms with van der Waals surface area (Å²) in [6, 6.07) is 21.4. The molecule has 1 aromatic heterocycles. The Morgan fingerprint density at radius 1 is 0.662 bits per heavy atom. The van der Waals surface area contributed by atoms with Crippen molar-refractivity contribution in [3.8, 4) is 17.2 Å². The van der Waals surface area contributed by atoms with Crippen molar-refractivity contribution in [1.29, 1.82) is 0 Å². The Morgan fingerprint density at radius 3 is 1.48 bits per heavy atom. The summed E-state index contributed by atoms with van der Waals surface area (Å²) >= 11 is 0. The standard InChI is InChI=1S/C32H33N2O5.C15H16F12O4.C2H6.4CH4.BrH/c1-22-6-8-25(9-7-22)31(35)38-29-14-15-30(24(3)23(29)2)39-32(36)26-10-12-28(13-11-26)37-21-20-34-18-16-27(17-19-34)33(4)5;1-3-7(4-6(2)8(28)29)9(30)31-5-11(18,19)13(22,23)15(26,27)14(24,25)12(20,21)10(16)17;1-2;;;;;/h6-19H,20-21H2,1-5H3;6-7,10H,3-5H2,1-2H3,(H,28,29);1-2H3;4*1H4;1H/q+1;;;;;;;/p-1. The number of esters is 3. The average Bonchev–Trinajstić information content (AvgIpc) is 3.33. The highest BCUT2D eigenvalue weighted by atomic mass is 79.9. The molecule has 0 aliphatic heterocycles. The minimum atomic E-state index is -7.71. The molecule has 2 unspecified atom stereocenters. The van der Waals surface area contributed by atoms with E-state index in [1.807, 2.05) is 73.2 Å². The molecule has 0 radical (unpaired) electrons. The highest BCUT2D eigenvalue weighted by molar-refractivity contribution is 5.92. The molecule has 4 aromatic rings. The minimum absolute atomic E-state index is 0. The van der Waals surface area contributed by atoms with Crippen LogP contribution in [0.5, 0.6) is 17.2 Å². The summed E-state index contributed by atoms with van der Waals surface area (Å²) in [4.78, 5) is 49.7. The number of carbonyl (C=O) groups is 4. The lowest BCUT2D eigenvalue weighted by atomic mass is 9.93. The number of anilines is 1. The number of carboxylic acids is 1. The third-order valence-electron chi connectivity index (χ3n) is 10.7. The fourth-order valence-corrected chi connectivity index (χ4v) is 5.95. The monoisotopic (exact) mass is 1190 g/mol. The number of alkyl halides is 12. The van der Waals surface area contributed by atoms with Gasteiger partial charge in [-0.1, -0.05) is 75.1 Å². The van der Waals surface area contributed by atoms with Crippen molar-refractivity contribution in [3.05, 3.63) is 113 Å². The zero-order valence-corrected chi connectivity index (χ0v) is 42.5. The SMILES string of the molecule is C.C.C.C.CC.CCC(CC(C)C(=O)O)C(=O)OCC(F)(F)C(F)(F)C(F)(F)C(F)(F)C(F)(F)C(F)F.Cc1ccc(C(=O)Oc2ccc(OC(=O)c3ccc(OCC[n+]4ccc(N(C)C)cc4)cc3)c(C)c2C)cc1.[Br-]. The first-order valence-corrected chi connectivity index (χ1v) is 21.9. The number of carbonyl (C=O) groups excluding carboxylic acids is 3. The number of rotatable bonds is 21. The Bertz CT molecular complexity index is 2430. The van der Waals surface area contributed by atoms with Crippen molar-refractivity contribution in [3.63, 3.8) is 0 Å². The quantitative estimate of drug-likeness (QED) is 0.0372. The predicted molar refractivity (Wildman–Crippen MR) is 265 cm³/mol. The Morgan fingerprint density at radius 2 is 1.09 bits per heavy atom. The lowest BCUT2D eigenvalue weighted by Crippen LogP contribution is -3.00. The fourth-order valence-electron chi connectivity index (χ4n) is 5.95. The molecule has 77 heavy (non-hydrogen) atoms. The van der Waals surface area contributed by atoms with Gasteiger partial charge in [0, 0.05) is 31.9 Å². The Kier molecular flexibility index (Phi) is 32.8. The zero-order valence-electron chi connectivity index (χ0n) is 40.9. The molecular formula is C53H71BrF12N2O9. The fraction of sp³-hybridized carbons (Fsp3) is 0.491. The Balaban J connectivity index is -0.000000646. The van der Waals surface area contributed by atoms with E-state index in [2.05, 4.69) is 26.3 Å². The number of aliphatic carboxylic acids is 1. The summed E-state index contributed by atoms with van der Waals surface area (Å²) in [5.41, 5.74) is 4.51. The molecule has 11 nitrogen and oxygen atoms in total. The summed E-state index contributed by atoms with van der Waals surface area (Å²) in [7, 11) is 4.01. The van der Waals surface area contributed by atoms with Crippen molar-refractivity contribution in [2.75, 3.05) is 32.2 Å². The molecule has 24 heteroatoms. The van der Waals surface area contributed by atoms with Gasteiger partial charge in [0.2, 0.25) is 0 Å². The molecule has 0 saturated carbocycles. The number of nitrogens with zero attached hydrogens (tertiary/aromatic N) is 2. The van der Waals surface area contributed by atoms with E-state index in [1.54, 1.807) is 48.5 Å². The maximum Gasteiger partial charge on any atom is 0.384 e. The van der Waals surface area contributed by atoms with Gasteiger partial charge < -0.3 is 45.9 Å². The highest BCUT2D eigenvalue weighted by Gasteiger charge is 2.88. The van der Waals surface area contributed by atoms with Crippen molar-refractivity contribution in [2.45, 2.75) is 134 Å². The second-order valence-electron chi connectivity index (χ2n) is 16.1. The van der Waals surface area contributed by atoms with Gasteiger partial charge in [0.25, 0.3) is 0 Å². The van der Waals surface area contributed by atoms with Crippen molar-refractivity contribution in [1.82, 2.24) is 0 Å². The first kappa shape index (κ1) is 77.4. The van der Waals surface area contributed by atoms with Gasteiger partial charge in [-0.05, 0) is 93.3 Å². The van der Waals surface area contributed by atoms with Gasteiger partial charge in [-0.3, -0.25) is 9.59 Å². The summed E-state index contributed by atoms with van der Waals surface area (Å²) in [5, 5.41) is 8.70. The molecule has 0 fully saturated rings. The number of halogens is 13. The van der Waals surface area contributed by atoms with E-state index in [4.69, 9.17) is 19.3 Å². The van der Waals surface area contributed by atoms with Crippen LogP contribution in [-0.2, 0) is 20.9 Å². The van der Waals surface area contributed by atoms with Crippen LogP contribution in [-0.4, -0.2) is 92.3 Å². The molecule has 3 aromatic carbocycles. The number of carboxylic acid groups (broad SMARTS) is 1. The van der Waals surface area contributed by atoms with Gasteiger partial charge in [-0.15, -0.1) is 0 Å². The third-order valence-corrected chi connectivity index (χ3v) is 10.7. The lowest BCUT2D eigenvalue weighted by Gasteiger charge is -2.39. The smallest absolute Gasteiger partial charge is 0.384 e. The van der Waals surface area contributed by atoms with Gasteiger partial charge in [0.15, 0.2) is 25.5 Å². The van der Waals surface area contributed by atoms with E-state index in [0.717, 1.165) is 23.7 Å². The number of aryl methyl sites for hydroxylation is 1. The summed E-state index contributed by atoms with van der Waals surface area (Å²) in [5.74, 6) is -41.7. The van der Waals surface area contributed by atoms with E-state index in [1.165, 1.54) is 6.92 Å². The van der Waals surface area contributed by atoms with Crippen molar-refractivity contribution >= 4 is 29.6 Å². The minimum Gasteiger partial charge on any atom is -1.00 e. The molecule has 0 aliphatic carbocycles. The Hall–Kier alpha value is -6.07. The predicted octanol–water partition coefficient (Wildman–Crippen LogP) is 11.2. The van der Waals surface area contributed by atoms with E-state index in [0.29, 0.717) is 47.1 Å². The first-order chi connectivity index (χ1) is 33.3. The Labute approximate surface area is 453 Å². The maximum atomic E-state index is 13.6. The van der Waals surface area contributed by atoms with Crippen molar-refractivity contribution < 1.29 is 117 Å².